The summed E-state index contributed by atoms with van der Waals surface area (Å²) >= 11 is 13.8. The van der Waals surface area contributed by atoms with Gasteiger partial charge in [-0.05, 0) is 24.3 Å². The lowest BCUT2D eigenvalue weighted by atomic mass is 10.2. The van der Waals surface area contributed by atoms with Crippen LogP contribution in [0.5, 0.6) is 0 Å². The molecule has 0 atom stereocenters. The van der Waals surface area contributed by atoms with E-state index in [0.717, 1.165) is 4.90 Å². The summed E-state index contributed by atoms with van der Waals surface area (Å²) in [4.78, 5) is 29.6. The highest BCUT2D eigenvalue weighted by Crippen LogP contribution is 2.27. The van der Waals surface area contributed by atoms with E-state index in [9.17, 15) is 9.59 Å². The fourth-order valence-electron chi connectivity index (χ4n) is 3.08. The lowest BCUT2D eigenvalue weighted by molar-refractivity contribution is -0.132. The van der Waals surface area contributed by atoms with E-state index >= 15 is 0 Å². The Labute approximate surface area is 185 Å². The Morgan fingerprint density at radius 3 is 2.28 bits per heavy atom. The number of anilines is 1. The summed E-state index contributed by atoms with van der Waals surface area (Å²) in [5.74, 6) is 0.738. The van der Waals surface area contributed by atoms with Gasteiger partial charge in [-0.1, -0.05) is 47.5 Å². The number of rotatable bonds is 7. The van der Waals surface area contributed by atoms with Crippen molar-refractivity contribution >= 4 is 52.5 Å². The van der Waals surface area contributed by atoms with Crippen LogP contribution in [0.25, 0.3) is 0 Å². The molecular formula is C21H23Cl2N3O2S. The van der Waals surface area contributed by atoms with Crippen LogP contribution < -0.4 is 5.32 Å². The third-order valence-corrected chi connectivity index (χ3v) is 6.50. The average molecular weight is 452 g/mol. The average Bonchev–Trinajstić information content (AvgIpc) is 2.71. The fourth-order valence-corrected chi connectivity index (χ4v) is 4.44. The molecule has 1 aliphatic heterocycles. The van der Waals surface area contributed by atoms with Crippen LogP contribution in [-0.4, -0.2) is 60.1 Å². The molecule has 2 aromatic carbocycles. The molecule has 0 bridgehead atoms. The first-order chi connectivity index (χ1) is 14.0. The second-order valence-electron chi connectivity index (χ2n) is 6.71. The molecule has 1 saturated heterocycles. The van der Waals surface area contributed by atoms with E-state index in [1.54, 1.807) is 23.9 Å². The highest BCUT2D eigenvalue weighted by Gasteiger charge is 2.22. The summed E-state index contributed by atoms with van der Waals surface area (Å²) in [5, 5.41) is 4.07. The molecule has 8 heteroatoms. The van der Waals surface area contributed by atoms with E-state index in [-0.39, 0.29) is 18.4 Å². The van der Waals surface area contributed by atoms with Gasteiger partial charge in [-0.15, -0.1) is 11.8 Å². The first-order valence-electron chi connectivity index (χ1n) is 9.45. The van der Waals surface area contributed by atoms with Crippen molar-refractivity contribution in [1.29, 1.82) is 0 Å². The normalized spacial score (nSPS) is 14.6. The van der Waals surface area contributed by atoms with Crippen molar-refractivity contribution < 1.29 is 9.59 Å². The second kappa shape index (κ2) is 10.9. The minimum absolute atomic E-state index is 0.103. The predicted octanol–water partition coefficient (Wildman–Crippen LogP) is 4.26. The van der Waals surface area contributed by atoms with Gasteiger partial charge in [0.1, 0.15) is 0 Å². The van der Waals surface area contributed by atoms with Crippen LogP contribution in [0.2, 0.25) is 10.0 Å². The molecule has 1 N–H and O–H groups in total. The van der Waals surface area contributed by atoms with Crippen molar-refractivity contribution in [1.82, 2.24) is 9.80 Å². The van der Waals surface area contributed by atoms with Crippen molar-refractivity contribution in [2.45, 2.75) is 11.3 Å². The highest BCUT2D eigenvalue weighted by atomic mass is 35.5. The molecular weight excluding hydrogens is 429 g/mol. The van der Waals surface area contributed by atoms with Gasteiger partial charge in [-0.25, -0.2) is 0 Å². The Bertz CT molecular complexity index is 857. The van der Waals surface area contributed by atoms with E-state index < -0.39 is 0 Å². The molecule has 0 aromatic heterocycles. The molecule has 5 nitrogen and oxygen atoms in total. The number of thioether (sulfide) groups is 1. The number of benzene rings is 2. The van der Waals surface area contributed by atoms with Gasteiger partial charge in [0, 0.05) is 43.2 Å². The fraction of sp³-hybridized carbons (Fsp3) is 0.333. The Balaban J connectivity index is 1.37. The molecule has 1 aliphatic rings. The van der Waals surface area contributed by atoms with Crippen LogP contribution in [0.15, 0.2) is 53.4 Å². The summed E-state index contributed by atoms with van der Waals surface area (Å²) in [6.45, 7) is 2.91. The number of halogens is 2. The van der Waals surface area contributed by atoms with Gasteiger partial charge in [0.15, 0.2) is 0 Å². The maximum absolute atomic E-state index is 12.4. The first kappa shape index (κ1) is 22.0. The third-order valence-electron chi connectivity index (χ3n) is 4.65. The standard InChI is InChI=1S/C21H23Cl2N3O2S/c22-16-5-1-3-7-18(16)24-20(27)15-25-10-12-26(13-11-25)21(28)9-14-29-19-8-4-2-6-17(19)23/h1-8H,9-15H2,(H,24,27). The quantitative estimate of drug-likeness (QED) is 0.638. The van der Waals surface area contributed by atoms with Gasteiger partial charge in [0.2, 0.25) is 11.8 Å². The van der Waals surface area contributed by atoms with Gasteiger partial charge in [0.05, 0.1) is 22.3 Å². The molecule has 0 radical (unpaired) electrons. The van der Waals surface area contributed by atoms with E-state index in [1.165, 1.54) is 0 Å². The summed E-state index contributed by atoms with van der Waals surface area (Å²) in [6, 6.07) is 14.8. The topological polar surface area (TPSA) is 52.7 Å². The molecule has 29 heavy (non-hydrogen) atoms. The summed E-state index contributed by atoms with van der Waals surface area (Å²) in [5.41, 5.74) is 0.615. The number of para-hydroxylation sites is 1. The number of nitrogens with zero attached hydrogens (tertiary/aromatic N) is 2. The number of carbonyl (C=O) groups excluding carboxylic acids is 2. The van der Waals surface area contributed by atoms with Crippen LogP contribution in [0.3, 0.4) is 0 Å². The van der Waals surface area contributed by atoms with Crippen LogP contribution in [0.4, 0.5) is 5.69 Å². The molecule has 0 spiro atoms. The minimum atomic E-state index is -0.103. The Morgan fingerprint density at radius 1 is 0.931 bits per heavy atom. The van der Waals surface area contributed by atoms with Crippen LogP contribution in [0, 0.1) is 0 Å². The van der Waals surface area contributed by atoms with Gasteiger partial charge in [-0.2, -0.15) is 0 Å². The highest BCUT2D eigenvalue weighted by molar-refractivity contribution is 7.99. The molecule has 0 aliphatic carbocycles. The van der Waals surface area contributed by atoms with E-state index in [2.05, 4.69) is 10.2 Å². The monoisotopic (exact) mass is 451 g/mol. The second-order valence-corrected chi connectivity index (χ2v) is 8.66. The zero-order valence-corrected chi connectivity index (χ0v) is 18.3. The maximum atomic E-state index is 12.4. The minimum Gasteiger partial charge on any atom is -0.340 e. The zero-order chi connectivity index (χ0) is 20.6. The van der Waals surface area contributed by atoms with Crippen molar-refractivity contribution in [3.8, 4) is 0 Å². The van der Waals surface area contributed by atoms with Crippen LogP contribution in [0.1, 0.15) is 6.42 Å². The number of carbonyl (C=O) groups is 2. The summed E-state index contributed by atoms with van der Waals surface area (Å²) in [7, 11) is 0. The predicted molar refractivity (Wildman–Crippen MR) is 120 cm³/mol. The number of amides is 2. The van der Waals surface area contributed by atoms with E-state index in [1.807, 2.05) is 41.3 Å². The summed E-state index contributed by atoms with van der Waals surface area (Å²) < 4.78 is 0. The Kier molecular flexibility index (Phi) is 8.24. The molecule has 154 valence electrons. The molecule has 3 rings (SSSR count). The number of piperazine rings is 1. The maximum Gasteiger partial charge on any atom is 0.238 e. The first-order valence-corrected chi connectivity index (χ1v) is 11.2. The van der Waals surface area contributed by atoms with Crippen molar-refractivity contribution in [2.24, 2.45) is 0 Å². The molecule has 1 heterocycles. The van der Waals surface area contributed by atoms with E-state index in [4.69, 9.17) is 23.2 Å². The smallest absolute Gasteiger partial charge is 0.238 e. The lowest BCUT2D eigenvalue weighted by Crippen LogP contribution is -2.50. The van der Waals surface area contributed by atoms with Crippen LogP contribution >= 0.6 is 35.0 Å². The number of hydrogen-bond acceptors (Lipinski definition) is 4. The van der Waals surface area contributed by atoms with Crippen molar-refractivity contribution in [3.63, 3.8) is 0 Å². The SMILES string of the molecule is O=C(CN1CCN(C(=O)CCSc2ccccc2Cl)CC1)Nc1ccccc1Cl. The molecule has 2 amide bonds. The van der Waals surface area contributed by atoms with Crippen LogP contribution in [-0.2, 0) is 9.59 Å². The van der Waals surface area contributed by atoms with Crippen molar-refractivity contribution in [3.05, 3.63) is 58.6 Å². The lowest BCUT2D eigenvalue weighted by Gasteiger charge is -2.34. The number of hydrogen-bond donors (Lipinski definition) is 1. The molecule has 1 fully saturated rings. The third kappa shape index (κ3) is 6.64. The largest absolute Gasteiger partial charge is 0.340 e. The zero-order valence-electron chi connectivity index (χ0n) is 15.9. The van der Waals surface area contributed by atoms with Gasteiger partial charge in [-0.3, -0.25) is 14.5 Å². The van der Waals surface area contributed by atoms with Crippen molar-refractivity contribution in [2.75, 3.05) is 43.8 Å². The van der Waals surface area contributed by atoms with E-state index in [0.29, 0.717) is 54.1 Å². The summed E-state index contributed by atoms with van der Waals surface area (Å²) in [6.07, 6.45) is 0.475. The van der Waals surface area contributed by atoms with Gasteiger partial charge >= 0.3 is 0 Å². The Morgan fingerprint density at radius 2 is 1.59 bits per heavy atom. The van der Waals surface area contributed by atoms with Gasteiger partial charge < -0.3 is 10.2 Å². The Hall–Kier alpha value is -1.73. The molecule has 0 unspecified atom stereocenters. The number of nitrogens with one attached hydrogen (secondary N) is 1. The molecule has 2 aromatic rings. The van der Waals surface area contributed by atoms with Gasteiger partial charge in [0.25, 0.3) is 0 Å². The molecule has 0 saturated carbocycles.